The van der Waals surface area contributed by atoms with Crippen molar-refractivity contribution in [1.29, 1.82) is 0 Å². The van der Waals surface area contributed by atoms with Gasteiger partial charge in [0.2, 0.25) is 0 Å². The molecule has 44 heavy (non-hydrogen) atoms. The first-order valence-corrected chi connectivity index (χ1v) is 22.1. The van der Waals surface area contributed by atoms with Crippen LogP contribution < -0.4 is 24.8 Å². The first-order chi connectivity index (χ1) is 19.9. The van der Waals surface area contributed by atoms with Crippen molar-refractivity contribution in [2.45, 2.75) is 62.5 Å². The molecule has 6 rings (SSSR count). The van der Waals surface area contributed by atoms with Crippen molar-refractivity contribution in [1.82, 2.24) is 0 Å². The summed E-state index contributed by atoms with van der Waals surface area (Å²) in [5, 5.41) is 0. The second kappa shape index (κ2) is 13.8. The molecule has 0 radical (unpaired) electrons. The summed E-state index contributed by atoms with van der Waals surface area (Å²) in [7, 11) is 0. The number of rotatable bonds is 4. The van der Waals surface area contributed by atoms with Gasteiger partial charge in [0.25, 0.3) is 0 Å². The standard InChI is InChI=1S/C21H25.C13H8Br2.C5H5.2ClH.Hf/c1-20(2,3)16-7-9-18-14(12-16)11-15-13-17(21(4,5)6)8-10-19(15)18;14-12-5-1-10(2-6-12)9-11-3-7-13(15)8-4-11;1-2-4-5-3-1;;;/h7-13H,1-6H3;1-8H;1-3H,4H2;2*1H;/q;;;;;+2/p-2. The zero-order valence-corrected chi connectivity index (χ0v) is 34.4. The molecule has 0 bridgehead atoms. The average Bonchev–Trinajstić information content (AvgIpc) is 3.58. The average molecular weight is 916 g/mol. The van der Waals surface area contributed by atoms with E-state index in [2.05, 4.69) is 177 Å². The van der Waals surface area contributed by atoms with E-state index >= 15 is 0 Å². The molecule has 4 aromatic carbocycles. The Kier molecular flexibility index (Phi) is 11.1. The van der Waals surface area contributed by atoms with Crippen LogP contribution in [0.3, 0.4) is 0 Å². The van der Waals surface area contributed by atoms with Gasteiger partial charge >= 0.3 is 278 Å². The molecule has 0 aliphatic heterocycles. The summed E-state index contributed by atoms with van der Waals surface area (Å²) < 4.78 is 5.94. The molecule has 2 aliphatic rings. The molecular formula is C39H38Br2Cl2Hf. The molecule has 4 aromatic rings. The van der Waals surface area contributed by atoms with Crippen molar-refractivity contribution >= 4 is 35.1 Å². The zero-order chi connectivity index (χ0) is 29.8. The molecule has 0 heterocycles. The van der Waals surface area contributed by atoms with Crippen LogP contribution in [0.4, 0.5) is 0 Å². The van der Waals surface area contributed by atoms with Gasteiger partial charge in [-0.05, 0) is 0 Å². The van der Waals surface area contributed by atoms with Gasteiger partial charge in [0.1, 0.15) is 0 Å². The predicted molar refractivity (Wildman–Crippen MR) is 184 cm³/mol. The summed E-state index contributed by atoms with van der Waals surface area (Å²) in [6, 6.07) is 32.9. The topological polar surface area (TPSA) is 0 Å². The fourth-order valence-corrected chi connectivity index (χ4v) is 20.0. The van der Waals surface area contributed by atoms with Crippen molar-refractivity contribution in [2.24, 2.45) is 0 Å². The number of hydrogen-bond donors (Lipinski definition) is 0. The third kappa shape index (κ3) is 6.98. The van der Waals surface area contributed by atoms with Crippen molar-refractivity contribution in [2.75, 3.05) is 0 Å². The van der Waals surface area contributed by atoms with Crippen molar-refractivity contribution < 1.29 is 45.8 Å². The van der Waals surface area contributed by atoms with Crippen LogP contribution in [0.2, 0.25) is 0 Å². The van der Waals surface area contributed by atoms with E-state index in [1.807, 2.05) is 0 Å². The summed E-state index contributed by atoms with van der Waals surface area (Å²) in [4.78, 5) is 0. The Bertz CT molecular complexity index is 1660. The maximum atomic E-state index is 3.71. The number of hydrogen-bond acceptors (Lipinski definition) is 0. The molecule has 0 N–H and O–H groups in total. The van der Waals surface area contributed by atoms with Gasteiger partial charge in [-0.3, -0.25) is 0 Å². The van der Waals surface area contributed by atoms with Gasteiger partial charge in [-0.1, -0.05) is 0 Å². The van der Waals surface area contributed by atoms with Crippen LogP contribution in [0.5, 0.6) is 0 Å². The minimum Gasteiger partial charge on any atom is -1.00 e. The minimum atomic E-state index is -2.97. The molecule has 0 saturated heterocycles. The van der Waals surface area contributed by atoms with E-state index < -0.39 is 21.0 Å². The monoisotopic (exact) mass is 914 g/mol. The van der Waals surface area contributed by atoms with Gasteiger partial charge < -0.3 is 24.8 Å². The van der Waals surface area contributed by atoms with Gasteiger partial charge in [-0.2, -0.15) is 0 Å². The Labute approximate surface area is 300 Å². The quantitative estimate of drug-likeness (QED) is 0.234. The van der Waals surface area contributed by atoms with Crippen molar-refractivity contribution in [3.8, 4) is 11.1 Å². The van der Waals surface area contributed by atoms with E-state index in [4.69, 9.17) is 0 Å². The van der Waals surface area contributed by atoms with E-state index in [-0.39, 0.29) is 35.6 Å². The van der Waals surface area contributed by atoms with Crippen molar-refractivity contribution in [3.63, 3.8) is 0 Å². The Balaban J connectivity index is 0.00000221. The molecule has 0 amide bonds. The largest absolute Gasteiger partial charge is 1.00 e. The first kappa shape index (κ1) is 35.5. The second-order valence-corrected chi connectivity index (χ2v) is 24.6. The Morgan fingerprint density at radius 1 is 0.636 bits per heavy atom. The normalized spacial score (nSPS) is 13.7. The first-order valence-electron chi connectivity index (χ1n) is 14.8. The fourth-order valence-electron chi connectivity index (χ4n) is 6.35. The third-order valence-corrected chi connectivity index (χ3v) is 21.9. The Morgan fingerprint density at radius 2 is 1.07 bits per heavy atom. The number of fused-ring (bicyclic) bond motifs is 3. The van der Waals surface area contributed by atoms with E-state index in [9.17, 15) is 0 Å². The summed E-state index contributed by atoms with van der Waals surface area (Å²) in [5.74, 6) is 0. The van der Waals surface area contributed by atoms with E-state index in [1.54, 1.807) is 17.7 Å². The fraction of sp³-hybridized carbons (Fsp3) is 0.256. The van der Waals surface area contributed by atoms with E-state index in [0.29, 0.717) is 3.67 Å². The summed E-state index contributed by atoms with van der Waals surface area (Å²) in [5.41, 5.74) is 11.7. The molecule has 0 unspecified atom stereocenters. The van der Waals surface area contributed by atoms with Crippen LogP contribution in [0.1, 0.15) is 85.0 Å². The molecule has 0 nitrogen and oxygen atoms in total. The molecule has 0 spiro atoms. The van der Waals surface area contributed by atoms with Crippen LogP contribution in [-0.4, -0.2) is 3.26 Å². The summed E-state index contributed by atoms with van der Waals surface area (Å²) in [6.07, 6.45) is 8.21. The van der Waals surface area contributed by atoms with Crippen molar-refractivity contribution in [3.05, 3.63) is 149 Å². The Hall–Kier alpha value is -1.36. The molecule has 0 aromatic heterocycles. The maximum absolute atomic E-state index is 3.71. The van der Waals surface area contributed by atoms with Gasteiger partial charge in [-0.15, -0.1) is 0 Å². The molecule has 226 valence electrons. The SMILES string of the molecule is CC(C)(C)c1ccc2c(c1)[CH]([Hf+2]([C]1=CC=CC1)=[C](c1ccc(Br)cc1)c1ccc(Br)cc1)c1cc(C(C)(C)C)ccc1-2.[Cl-].[Cl-]. The minimum absolute atomic E-state index is 0. The molecular weight excluding hydrogens is 878 g/mol. The third-order valence-electron chi connectivity index (χ3n) is 8.69. The van der Waals surface area contributed by atoms with E-state index in [0.717, 1.165) is 15.4 Å². The summed E-state index contributed by atoms with van der Waals surface area (Å²) in [6.45, 7) is 14.1. The van der Waals surface area contributed by atoms with Gasteiger partial charge in [-0.25, -0.2) is 0 Å². The van der Waals surface area contributed by atoms with E-state index in [1.165, 1.54) is 33.4 Å². The van der Waals surface area contributed by atoms with Crippen LogP contribution in [0, 0.1) is 0 Å². The van der Waals surface area contributed by atoms with Gasteiger partial charge in [0.05, 0.1) is 0 Å². The predicted octanol–water partition coefficient (Wildman–Crippen LogP) is 5.62. The number of benzene rings is 4. The molecule has 0 fully saturated rings. The van der Waals surface area contributed by atoms with Crippen LogP contribution in [0.15, 0.2) is 115 Å². The number of allylic oxidation sites excluding steroid dienone is 4. The van der Waals surface area contributed by atoms with Gasteiger partial charge in [0, 0.05) is 0 Å². The molecule has 0 atom stereocenters. The van der Waals surface area contributed by atoms with Gasteiger partial charge in [0.15, 0.2) is 0 Å². The van der Waals surface area contributed by atoms with Crippen LogP contribution in [-0.2, 0) is 31.8 Å². The van der Waals surface area contributed by atoms with Crippen LogP contribution >= 0.6 is 31.9 Å². The molecule has 5 heteroatoms. The van der Waals surface area contributed by atoms with Crippen LogP contribution in [0.25, 0.3) is 11.1 Å². The smallest absolute Gasteiger partial charge is 1.00 e. The Morgan fingerprint density at radius 3 is 1.43 bits per heavy atom. The molecule has 2 aliphatic carbocycles. The molecule has 0 saturated carbocycles. The zero-order valence-electron chi connectivity index (χ0n) is 26.1. The second-order valence-electron chi connectivity index (χ2n) is 13.7. The number of halogens is 4. The summed E-state index contributed by atoms with van der Waals surface area (Å²) >= 11 is 4.44. The maximum Gasteiger partial charge on any atom is -1.00 e.